The number of benzene rings is 1. The average Bonchev–Trinajstić information content (AvgIpc) is 2.54. The number of hydrogen-bond donors (Lipinski definition) is 2. The topological polar surface area (TPSA) is 41.1 Å². The molecule has 0 bridgehead atoms. The summed E-state index contributed by atoms with van der Waals surface area (Å²) in [6, 6.07) is 8.68. The first kappa shape index (κ1) is 19.0. The number of amides is 1. The van der Waals surface area contributed by atoms with Crippen molar-refractivity contribution in [3.8, 4) is 0 Å². The van der Waals surface area contributed by atoms with Crippen LogP contribution in [0.5, 0.6) is 0 Å². The quantitative estimate of drug-likeness (QED) is 0.809. The van der Waals surface area contributed by atoms with E-state index in [1.165, 1.54) is 24.0 Å². The summed E-state index contributed by atoms with van der Waals surface area (Å²) in [6.45, 7) is 5.13. The maximum atomic E-state index is 11.8. The third kappa shape index (κ3) is 6.80. The van der Waals surface area contributed by atoms with Crippen molar-refractivity contribution in [1.29, 1.82) is 0 Å². The molecule has 1 heterocycles. The first-order chi connectivity index (χ1) is 10.3. The summed E-state index contributed by atoms with van der Waals surface area (Å²) in [7, 11) is 0. The number of rotatable bonds is 7. The molecule has 0 aliphatic carbocycles. The van der Waals surface area contributed by atoms with E-state index >= 15 is 0 Å². The fourth-order valence-electron chi connectivity index (χ4n) is 2.88. The molecule has 1 saturated heterocycles. The molecule has 22 heavy (non-hydrogen) atoms. The molecule has 2 rings (SSSR count). The van der Waals surface area contributed by atoms with Gasteiger partial charge in [0.1, 0.15) is 0 Å². The van der Waals surface area contributed by atoms with E-state index in [4.69, 9.17) is 0 Å². The van der Waals surface area contributed by atoms with Crippen LogP contribution in [-0.4, -0.2) is 25.5 Å². The zero-order valence-corrected chi connectivity index (χ0v) is 14.4. The smallest absolute Gasteiger partial charge is 0.220 e. The second-order valence-electron chi connectivity index (χ2n) is 6.00. The molecule has 1 aliphatic rings. The molecule has 3 nitrogen and oxygen atoms in total. The van der Waals surface area contributed by atoms with Crippen LogP contribution in [0.15, 0.2) is 24.3 Å². The molecule has 1 aromatic rings. The van der Waals surface area contributed by atoms with Crippen LogP contribution in [0.2, 0.25) is 0 Å². The lowest BCUT2D eigenvalue weighted by Crippen LogP contribution is -2.30. The van der Waals surface area contributed by atoms with Crippen LogP contribution in [0.1, 0.15) is 43.7 Å². The van der Waals surface area contributed by atoms with Gasteiger partial charge in [-0.2, -0.15) is 0 Å². The molecular formula is C18H29ClN2O. The van der Waals surface area contributed by atoms with Crippen LogP contribution in [-0.2, 0) is 17.6 Å². The zero-order valence-electron chi connectivity index (χ0n) is 13.6. The Morgan fingerprint density at radius 1 is 1.18 bits per heavy atom. The van der Waals surface area contributed by atoms with Gasteiger partial charge in [0.25, 0.3) is 0 Å². The molecule has 1 aliphatic heterocycles. The molecule has 1 aromatic carbocycles. The number of carbonyl (C=O) groups is 1. The van der Waals surface area contributed by atoms with Gasteiger partial charge in [0, 0.05) is 13.0 Å². The fourth-order valence-corrected chi connectivity index (χ4v) is 2.88. The summed E-state index contributed by atoms with van der Waals surface area (Å²) in [5.74, 6) is 0.942. The molecule has 0 aromatic heterocycles. The van der Waals surface area contributed by atoms with Crippen LogP contribution >= 0.6 is 12.4 Å². The van der Waals surface area contributed by atoms with Crippen molar-refractivity contribution in [2.24, 2.45) is 5.92 Å². The fraction of sp³-hybridized carbons (Fsp3) is 0.611. The van der Waals surface area contributed by atoms with E-state index in [1.54, 1.807) is 0 Å². The lowest BCUT2D eigenvalue weighted by atomic mass is 9.93. The number of halogens is 1. The van der Waals surface area contributed by atoms with Crippen molar-refractivity contribution in [3.05, 3.63) is 35.4 Å². The van der Waals surface area contributed by atoms with E-state index in [0.717, 1.165) is 44.8 Å². The first-order valence-electron chi connectivity index (χ1n) is 8.33. The largest absolute Gasteiger partial charge is 0.356 e. The molecule has 0 spiro atoms. The molecule has 1 fully saturated rings. The predicted octanol–water partition coefficient (Wildman–Crippen LogP) is 3.11. The van der Waals surface area contributed by atoms with E-state index in [2.05, 4.69) is 41.8 Å². The number of aryl methyl sites for hydroxylation is 1. The second-order valence-corrected chi connectivity index (χ2v) is 6.00. The Kier molecular flexibility index (Phi) is 9.17. The van der Waals surface area contributed by atoms with Crippen LogP contribution in [0, 0.1) is 5.92 Å². The SMILES string of the molecule is CCc1ccc(CCNC(=O)CCC2CCNCC2)cc1.Cl. The minimum absolute atomic E-state index is 0. The van der Waals surface area contributed by atoms with Crippen LogP contribution in [0.4, 0.5) is 0 Å². The van der Waals surface area contributed by atoms with Gasteiger partial charge < -0.3 is 10.6 Å². The summed E-state index contributed by atoms with van der Waals surface area (Å²) in [6.07, 6.45) is 6.16. The molecule has 0 atom stereocenters. The van der Waals surface area contributed by atoms with Crippen molar-refractivity contribution in [2.75, 3.05) is 19.6 Å². The maximum Gasteiger partial charge on any atom is 0.220 e. The Morgan fingerprint density at radius 2 is 1.82 bits per heavy atom. The molecule has 4 heteroatoms. The van der Waals surface area contributed by atoms with Crippen molar-refractivity contribution in [3.63, 3.8) is 0 Å². The van der Waals surface area contributed by atoms with E-state index in [1.807, 2.05) is 0 Å². The minimum atomic E-state index is 0. The van der Waals surface area contributed by atoms with Gasteiger partial charge in [-0.3, -0.25) is 4.79 Å². The maximum absolute atomic E-state index is 11.8. The van der Waals surface area contributed by atoms with E-state index in [-0.39, 0.29) is 18.3 Å². The highest BCUT2D eigenvalue weighted by molar-refractivity contribution is 5.85. The average molecular weight is 325 g/mol. The van der Waals surface area contributed by atoms with Crippen LogP contribution in [0.3, 0.4) is 0 Å². The summed E-state index contributed by atoms with van der Waals surface area (Å²) >= 11 is 0. The van der Waals surface area contributed by atoms with Gasteiger partial charge in [-0.15, -0.1) is 12.4 Å². The molecule has 0 radical (unpaired) electrons. The summed E-state index contributed by atoms with van der Waals surface area (Å²) < 4.78 is 0. The zero-order chi connectivity index (χ0) is 14.9. The van der Waals surface area contributed by atoms with Gasteiger partial charge in [-0.1, -0.05) is 31.2 Å². The molecule has 0 unspecified atom stereocenters. The third-order valence-corrected chi connectivity index (χ3v) is 4.41. The van der Waals surface area contributed by atoms with Gasteiger partial charge in [0.15, 0.2) is 0 Å². The van der Waals surface area contributed by atoms with Crippen molar-refractivity contribution >= 4 is 18.3 Å². The lowest BCUT2D eigenvalue weighted by Gasteiger charge is -2.22. The third-order valence-electron chi connectivity index (χ3n) is 4.41. The molecular weight excluding hydrogens is 296 g/mol. The van der Waals surface area contributed by atoms with Crippen molar-refractivity contribution in [1.82, 2.24) is 10.6 Å². The highest BCUT2D eigenvalue weighted by Gasteiger charge is 2.14. The van der Waals surface area contributed by atoms with E-state index in [0.29, 0.717) is 6.42 Å². The summed E-state index contributed by atoms with van der Waals surface area (Å²) in [5, 5.41) is 6.41. The van der Waals surface area contributed by atoms with Crippen LogP contribution < -0.4 is 10.6 Å². The second kappa shape index (κ2) is 10.6. The number of carbonyl (C=O) groups excluding carboxylic acids is 1. The highest BCUT2D eigenvalue weighted by Crippen LogP contribution is 2.17. The first-order valence-corrected chi connectivity index (χ1v) is 8.33. The van der Waals surface area contributed by atoms with Gasteiger partial charge >= 0.3 is 0 Å². The van der Waals surface area contributed by atoms with Crippen molar-refractivity contribution < 1.29 is 4.79 Å². The Hall–Kier alpha value is -1.06. The number of piperidine rings is 1. The monoisotopic (exact) mass is 324 g/mol. The normalized spacial score (nSPS) is 15.1. The summed E-state index contributed by atoms with van der Waals surface area (Å²) in [4.78, 5) is 11.8. The highest BCUT2D eigenvalue weighted by atomic mass is 35.5. The standard InChI is InChI=1S/C18H28N2O.ClH/c1-2-15-3-5-16(6-4-15)11-14-20-18(21)8-7-17-9-12-19-13-10-17;/h3-6,17,19H,2,7-14H2,1H3,(H,20,21);1H. The Balaban J connectivity index is 0.00000242. The van der Waals surface area contributed by atoms with Gasteiger partial charge in [-0.25, -0.2) is 0 Å². The van der Waals surface area contributed by atoms with Crippen molar-refractivity contribution in [2.45, 2.75) is 45.4 Å². The number of nitrogens with one attached hydrogen (secondary N) is 2. The Labute approximate surface area is 140 Å². The number of hydrogen-bond acceptors (Lipinski definition) is 2. The van der Waals surface area contributed by atoms with Gasteiger partial charge in [-0.05, 0) is 62.2 Å². The molecule has 2 N–H and O–H groups in total. The van der Waals surface area contributed by atoms with Gasteiger partial charge in [0.2, 0.25) is 5.91 Å². The molecule has 1 amide bonds. The predicted molar refractivity (Wildman–Crippen MR) is 94.6 cm³/mol. The summed E-state index contributed by atoms with van der Waals surface area (Å²) in [5.41, 5.74) is 2.66. The van der Waals surface area contributed by atoms with Gasteiger partial charge in [0.05, 0.1) is 0 Å². The van der Waals surface area contributed by atoms with Crippen LogP contribution in [0.25, 0.3) is 0 Å². The van der Waals surface area contributed by atoms with E-state index < -0.39 is 0 Å². The molecule has 124 valence electrons. The minimum Gasteiger partial charge on any atom is -0.356 e. The van der Waals surface area contributed by atoms with E-state index in [9.17, 15) is 4.79 Å². The Morgan fingerprint density at radius 3 is 2.45 bits per heavy atom. The molecule has 0 saturated carbocycles. The Bertz CT molecular complexity index is 427. The lowest BCUT2D eigenvalue weighted by molar-refractivity contribution is -0.121.